The van der Waals surface area contributed by atoms with Crippen molar-refractivity contribution < 1.29 is 9.18 Å². The molecule has 0 saturated carbocycles. The number of nitrogens with one attached hydrogen (secondary N) is 1. The second kappa shape index (κ2) is 9.24. The number of rotatable bonds is 4. The summed E-state index contributed by atoms with van der Waals surface area (Å²) in [5.41, 5.74) is 3.57. The third-order valence-electron chi connectivity index (χ3n) is 6.02. The molecule has 158 valence electrons. The largest absolute Gasteiger partial charge is 0.341 e. The van der Waals surface area contributed by atoms with Gasteiger partial charge in [-0.05, 0) is 44.5 Å². The van der Waals surface area contributed by atoms with E-state index in [1.54, 1.807) is 16.8 Å². The van der Waals surface area contributed by atoms with E-state index in [1.807, 2.05) is 18.7 Å². The average Bonchev–Trinajstić information content (AvgIpc) is 3.30. The molecule has 1 atom stereocenters. The van der Waals surface area contributed by atoms with Crippen molar-refractivity contribution in [1.29, 1.82) is 0 Å². The number of piperazine rings is 1. The van der Waals surface area contributed by atoms with E-state index in [9.17, 15) is 9.18 Å². The maximum Gasteiger partial charge on any atom is 0.227 e. The highest BCUT2D eigenvalue weighted by Crippen LogP contribution is 2.22. The van der Waals surface area contributed by atoms with E-state index in [0.717, 1.165) is 68.3 Å². The van der Waals surface area contributed by atoms with Crippen molar-refractivity contribution in [2.75, 3.05) is 39.3 Å². The van der Waals surface area contributed by atoms with E-state index in [1.165, 1.54) is 12.1 Å². The highest BCUT2D eigenvalue weighted by atomic mass is 35.5. The lowest BCUT2D eigenvalue weighted by atomic mass is 10.1. The molecule has 2 fully saturated rings. The summed E-state index contributed by atoms with van der Waals surface area (Å²) in [7, 11) is 0. The minimum Gasteiger partial charge on any atom is -0.341 e. The van der Waals surface area contributed by atoms with Gasteiger partial charge in [0, 0.05) is 56.6 Å². The van der Waals surface area contributed by atoms with Crippen LogP contribution in [0.15, 0.2) is 24.3 Å². The Labute approximate surface area is 177 Å². The number of aryl methyl sites for hydroxylation is 1. The van der Waals surface area contributed by atoms with Crippen LogP contribution in [0.5, 0.6) is 0 Å². The maximum absolute atomic E-state index is 13.2. The van der Waals surface area contributed by atoms with Crippen LogP contribution in [0.1, 0.15) is 23.4 Å². The Hall–Kier alpha value is -1.96. The van der Waals surface area contributed by atoms with Crippen LogP contribution in [-0.4, -0.2) is 70.8 Å². The fraction of sp³-hybridized carbons (Fsp3) is 0.524. The Balaban J connectivity index is 0.00000240. The predicted molar refractivity (Wildman–Crippen MR) is 113 cm³/mol. The van der Waals surface area contributed by atoms with Crippen molar-refractivity contribution in [2.45, 2.75) is 32.7 Å². The SMILES string of the molecule is Cc1nn(-c2ccc(F)cc2)c(C)c1CC(=O)N1CCC(N2CCNCC2)C1.Cl. The first kappa shape index (κ1) is 21.7. The molecule has 4 rings (SSSR count). The predicted octanol–water partition coefficient (Wildman–Crippen LogP) is 2.10. The number of halogens is 2. The first-order valence-electron chi connectivity index (χ1n) is 10.1. The third-order valence-corrected chi connectivity index (χ3v) is 6.02. The molecular weight excluding hydrogens is 393 g/mol. The van der Waals surface area contributed by atoms with Gasteiger partial charge >= 0.3 is 0 Å². The topological polar surface area (TPSA) is 53.4 Å². The van der Waals surface area contributed by atoms with Crippen LogP contribution in [0, 0.1) is 19.7 Å². The van der Waals surface area contributed by atoms with Crippen molar-refractivity contribution in [1.82, 2.24) is 24.9 Å². The molecule has 1 N–H and O–H groups in total. The monoisotopic (exact) mass is 421 g/mol. The second-order valence-corrected chi connectivity index (χ2v) is 7.78. The lowest BCUT2D eigenvalue weighted by Gasteiger charge is -2.32. The van der Waals surface area contributed by atoms with Crippen molar-refractivity contribution >= 4 is 18.3 Å². The Bertz CT molecular complexity index is 848. The maximum atomic E-state index is 13.2. The van der Waals surface area contributed by atoms with Crippen molar-refractivity contribution in [3.8, 4) is 5.69 Å². The zero-order valence-corrected chi connectivity index (χ0v) is 17.8. The standard InChI is InChI=1S/C21H28FN5O.ClH/c1-15-20(16(2)27(24-15)18-5-3-17(22)4-6-18)13-21(28)26-10-7-19(14-26)25-11-8-23-9-12-25;/h3-6,19,23H,7-14H2,1-2H3;1H. The summed E-state index contributed by atoms with van der Waals surface area (Å²) >= 11 is 0. The summed E-state index contributed by atoms with van der Waals surface area (Å²) < 4.78 is 15.0. The van der Waals surface area contributed by atoms with Gasteiger partial charge in [0.25, 0.3) is 0 Å². The molecule has 2 aromatic rings. The summed E-state index contributed by atoms with van der Waals surface area (Å²) in [5.74, 6) is -0.101. The molecule has 0 radical (unpaired) electrons. The summed E-state index contributed by atoms with van der Waals surface area (Å²) in [5, 5.41) is 7.97. The van der Waals surface area contributed by atoms with Crippen molar-refractivity contribution in [3.05, 3.63) is 47.0 Å². The summed E-state index contributed by atoms with van der Waals surface area (Å²) in [6.07, 6.45) is 1.42. The van der Waals surface area contributed by atoms with Crippen LogP contribution in [0.25, 0.3) is 5.69 Å². The van der Waals surface area contributed by atoms with Gasteiger partial charge in [-0.25, -0.2) is 9.07 Å². The van der Waals surface area contributed by atoms with Gasteiger partial charge in [-0.15, -0.1) is 12.4 Å². The number of hydrogen-bond donors (Lipinski definition) is 1. The Morgan fingerprint density at radius 2 is 1.86 bits per heavy atom. The second-order valence-electron chi connectivity index (χ2n) is 7.78. The van der Waals surface area contributed by atoms with E-state index in [-0.39, 0.29) is 24.1 Å². The van der Waals surface area contributed by atoms with Crippen LogP contribution < -0.4 is 5.32 Å². The molecule has 2 saturated heterocycles. The van der Waals surface area contributed by atoms with Crippen LogP contribution in [0.2, 0.25) is 0 Å². The number of likely N-dealkylation sites (tertiary alicyclic amines) is 1. The molecule has 6 nitrogen and oxygen atoms in total. The number of benzene rings is 1. The molecule has 8 heteroatoms. The molecule has 2 aliphatic heterocycles. The smallest absolute Gasteiger partial charge is 0.227 e. The fourth-order valence-electron chi connectivity index (χ4n) is 4.34. The summed E-state index contributed by atoms with van der Waals surface area (Å²) in [4.78, 5) is 17.5. The minimum atomic E-state index is -0.270. The number of amides is 1. The molecule has 0 aliphatic carbocycles. The van der Waals surface area contributed by atoms with Gasteiger partial charge in [0.05, 0.1) is 17.8 Å². The van der Waals surface area contributed by atoms with Gasteiger partial charge in [0.1, 0.15) is 5.82 Å². The van der Waals surface area contributed by atoms with Crippen LogP contribution in [-0.2, 0) is 11.2 Å². The first-order chi connectivity index (χ1) is 13.5. The highest BCUT2D eigenvalue weighted by molar-refractivity contribution is 5.85. The molecule has 1 amide bonds. The molecule has 0 bridgehead atoms. The fourth-order valence-corrected chi connectivity index (χ4v) is 4.34. The number of aromatic nitrogens is 2. The molecule has 3 heterocycles. The molecule has 1 aromatic carbocycles. The van der Waals surface area contributed by atoms with Gasteiger partial charge < -0.3 is 10.2 Å². The van der Waals surface area contributed by atoms with Crippen molar-refractivity contribution in [2.24, 2.45) is 0 Å². The Kier molecular flexibility index (Phi) is 6.93. The van der Waals surface area contributed by atoms with E-state index in [4.69, 9.17) is 0 Å². The van der Waals surface area contributed by atoms with Gasteiger partial charge in [-0.3, -0.25) is 9.69 Å². The van der Waals surface area contributed by atoms with Gasteiger partial charge in [-0.2, -0.15) is 5.10 Å². The first-order valence-corrected chi connectivity index (χ1v) is 10.1. The Morgan fingerprint density at radius 1 is 1.17 bits per heavy atom. The minimum absolute atomic E-state index is 0. The van der Waals surface area contributed by atoms with E-state index in [0.29, 0.717) is 12.5 Å². The van der Waals surface area contributed by atoms with Gasteiger partial charge in [-0.1, -0.05) is 0 Å². The zero-order valence-electron chi connectivity index (χ0n) is 17.0. The molecular formula is C21H29ClFN5O. The van der Waals surface area contributed by atoms with E-state index < -0.39 is 0 Å². The number of carbonyl (C=O) groups excluding carboxylic acids is 1. The van der Waals surface area contributed by atoms with Gasteiger partial charge in [0.15, 0.2) is 0 Å². The summed E-state index contributed by atoms with van der Waals surface area (Å²) in [6.45, 7) is 9.75. The van der Waals surface area contributed by atoms with Crippen LogP contribution in [0.3, 0.4) is 0 Å². The third kappa shape index (κ3) is 4.63. The molecule has 1 aromatic heterocycles. The zero-order chi connectivity index (χ0) is 19.7. The normalized spacial score (nSPS) is 20.0. The van der Waals surface area contributed by atoms with E-state index in [2.05, 4.69) is 15.3 Å². The molecule has 0 spiro atoms. The number of hydrogen-bond acceptors (Lipinski definition) is 4. The lowest BCUT2D eigenvalue weighted by molar-refractivity contribution is -0.129. The summed E-state index contributed by atoms with van der Waals surface area (Å²) in [6, 6.07) is 6.75. The quantitative estimate of drug-likeness (QED) is 0.821. The van der Waals surface area contributed by atoms with Crippen LogP contribution in [0.4, 0.5) is 4.39 Å². The average molecular weight is 422 g/mol. The number of carbonyl (C=O) groups is 1. The van der Waals surface area contributed by atoms with Gasteiger partial charge in [0.2, 0.25) is 5.91 Å². The molecule has 29 heavy (non-hydrogen) atoms. The van der Waals surface area contributed by atoms with Crippen molar-refractivity contribution in [3.63, 3.8) is 0 Å². The van der Waals surface area contributed by atoms with Crippen LogP contribution >= 0.6 is 12.4 Å². The molecule has 1 unspecified atom stereocenters. The number of nitrogens with zero attached hydrogens (tertiary/aromatic N) is 4. The van der Waals surface area contributed by atoms with E-state index >= 15 is 0 Å². The Morgan fingerprint density at radius 3 is 2.55 bits per heavy atom. The lowest BCUT2D eigenvalue weighted by Crippen LogP contribution is -2.49. The molecule has 2 aliphatic rings. The highest BCUT2D eigenvalue weighted by Gasteiger charge is 2.31.